The van der Waals surface area contributed by atoms with Crippen LogP contribution in [0.2, 0.25) is 0 Å². The van der Waals surface area contributed by atoms with Crippen molar-refractivity contribution in [2.45, 2.75) is 43.8 Å². The number of halogens is 6. The van der Waals surface area contributed by atoms with Gasteiger partial charge in [-0.05, 0) is 37.1 Å². The van der Waals surface area contributed by atoms with E-state index in [2.05, 4.69) is 4.98 Å². The van der Waals surface area contributed by atoms with Crippen molar-refractivity contribution >= 4 is 16.8 Å². The van der Waals surface area contributed by atoms with Crippen molar-refractivity contribution in [3.8, 4) is 0 Å². The molecule has 0 radical (unpaired) electrons. The number of likely N-dealkylation sites (tertiary alicyclic amines) is 1. The lowest BCUT2D eigenvalue weighted by Gasteiger charge is -2.38. The molecule has 2 heterocycles. The van der Waals surface area contributed by atoms with Gasteiger partial charge in [0.2, 0.25) is 5.91 Å². The number of nitrogens with two attached hydrogens (primary N) is 1. The summed E-state index contributed by atoms with van der Waals surface area (Å²) in [6.45, 7) is 0.165. The summed E-state index contributed by atoms with van der Waals surface area (Å²) in [6, 6.07) is 2.69. The Morgan fingerprint density at radius 1 is 1.20 bits per heavy atom. The molecule has 1 saturated heterocycles. The maximum Gasteiger partial charge on any atom is 0.433 e. The molecule has 1 fully saturated rings. The van der Waals surface area contributed by atoms with Gasteiger partial charge < -0.3 is 10.8 Å². The number of fused-ring (bicyclic) bond motifs is 1. The molecular weight excluding hydrogens is 416 g/mol. The number of hydrogen-bond acceptors (Lipinski definition) is 4. The molecule has 0 spiro atoms. The predicted molar refractivity (Wildman–Crippen MR) is 95.1 cm³/mol. The van der Waals surface area contributed by atoms with Crippen molar-refractivity contribution in [3.63, 3.8) is 0 Å². The van der Waals surface area contributed by atoms with Crippen molar-refractivity contribution in [2.24, 2.45) is 5.73 Å². The Hall–Kier alpha value is -2.40. The summed E-state index contributed by atoms with van der Waals surface area (Å²) in [5, 5.41) is 10.7. The second-order valence-corrected chi connectivity index (χ2v) is 7.24. The number of hydrogen-bond donors (Lipinski definition) is 2. The summed E-state index contributed by atoms with van der Waals surface area (Å²) in [4.78, 5) is 16.1. The molecule has 1 amide bonds. The molecule has 2 atom stereocenters. The number of benzene rings is 1. The Bertz CT molecular complexity index is 944. The highest BCUT2D eigenvalue weighted by Crippen LogP contribution is 2.40. The van der Waals surface area contributed by atoms with Crippen LogP contribution in [0.25, 0.3) is 10.9 Å². The molecule has 1 aromatic heterocycles. The summed E-state index contributed by atoms with van der Waals surface area (Å²) in [7, 11) is 0. The average molecular weight is 435 g/mol. The zero-order chi connectivity index (χ0) is 22.3. The lowest BCUT2D eigenvalue weighted by atomic mass is 9.90. The zero-order valence-electron chi connectivity index (χ0n) is 15.6. The van der Waals surface area contributed by atoms with Gasteiger partial charge in [-0.3, -0.25) is 9.69 Å². The summed E-state index contributed by atoms with van der Waals surface area (Å²) < 4.78 is 80.3. The van der Waals surface area contributed by atoms with Crippen LogP contribution >= 0.6 is 0 Å². The highest BCUT2D eigenvalue weighted by molar-refractivity contribution is 5.86. The normalized spacial score (nSPS) is 19.8. The van der Waals surface area contributed by atoms with Gasteiger partial charge in [-0.1, -0.05) is 18.6 Å². The molecule has 0 saturated carbocycles. The van der Waals surface area contributed by atoms with Gasteiger partial charge in [-0.15, -0.1) is 0 Å². The van der Waals surface area contributed by atoms with Crippen molar-refractivity contribution in [1.82, 2.24) is 9.88 Å². The molecule has 1 aromatic carbocycles. The van der Waals surface area contributed by atoms with E-state index in [1.165, 1.54) is 6.07 Å². The molecule has 1 aliphatic rings. The van der Waals surface area contributed by atoms with Gasteiger partial charge in [0.15, 0.2) is 0 Å². The average Bonchev–Trinajstić information content (AvgIpc) is 2.64. The molecule has 0 unspecified atom stereocenters. The van der Waals surface area contributed by atoms with Crippen LogP contribution in [0.4, 0.5) is 26.3 Å². The Morgan fingerprint density at radius 2 is 1.90 bits per heavy atom. The van der Waals surface area contributed by atoms with Crippen molar-refractivity contribution in [1.29, 1.82) is 0 Å². The van der Waals surface area contributed by atoms with Crippen molar-refractivity contribution < 1.29 is 36.2 Å². The fraction of sp³-hybridized carbons (Fsp3) is 0.474. The number of carbonyl (C=O) groups excluding carboxylic acids is 1. The van der Waals surface area contributed by atoms with Gasteiger partial charge in [0.25, 0.3) is 0 Å². The topological polar surface area (TPSA) is 79.5 Å². The van der Waals surface area contributed by atoms with Crippen LogP contribution in [-0.2, 0) is 17.1 Å². The van der Waals surface area contributed by atoms with Crippen LogP contribution in [-0.4, -0.2) is 40.0 Å². The van der Waals surface area contributed by atoms with Crippen molar-refractivity contribution in [3.05, 3.63) is 41.1 Å². The molecule has 2 aromatic rings. The van der Waals surface area contributed by atoms with E-state index in [1.54, 1.807) is 4.90 Å². The molecule has 3 N–H and O–H groups in total. The highest BCUT2D eigenvalue weighted by atomic mass is 19.4. The molecule has 3 rings (SSSR count). The first kappa shape index (κ1) is 22.3. The second kappa shape index (κ2) is 8.03. The first-order valence-corrected chi connectivity index (χ1v) is 9.18. The van der Waals surface area contributed by atoms with E-state index in [-0.39, 0.29) is 17.5 Å². The standard InChI is InChI=1S/C19H19F6N3O2/c20-18(21,22)12-5-3-4-10-11(8-14(19(23,24)25)27-16(10)12)17(30)13-6-1-2-7-28(13)9-15(26)29/h3-5,8,13,17,30H,1-2,6-7,9H2,(H2,26,29)/t13-,17-/m0/s1. The molecule has 0 aliphatic carbocycles. The number of aliphatic hydroxyl groups excluding tert-OH is 1. The van der Waals surface area contributed by atoms with E-state index < -0.39 is 47.2 Å². The van der Waals surface area contributed by atoms with E-state index in [0.717, 1.165) is 6.07 Å². The minimum Gasteiger partial charge on any atom is -0.387 e. The third kappa shape index (κ3) is 4.51. The van der Waals surface area contributed by atoms with Gasteiger partial charge in [-0.25, -0.2) is 4.98 Å². The molecule has 164 valence electrons. The van der Waals surface area contributed by atoms with E-state index in [9.17, 15) is 36.2 Å². The van der Waals surface area contributed by atoms with Gasteiger partial charge in [-0.2, -0.15) is 26.3 Å². The Morgan fingerprint density at radius 3 is 2.50 bits per heavy atom. The Balaban J connectivity index is 2.19. The predicted octanol–water partition coefficient (Wildman–Crippen LogP) is 3.65. The number of aliphatic hydroxyl groups is 1. The molecule has 5 nitrogen and oxygen atoms in total. The van der Waals surface area contributed by atoms with Gasteiger partial charge in [0.1, 0.15) is 5.69 Å². The number of para-hydroxylation sites is 1. The smallest absolute Gasteiger partial charge is 0.387 e. The molecule has 11 heteroatoms. The number of nitrogens with zero attached hydrogens (tertiary/aromatic N) is 2. The van der Waals surface area contributed by atoms with Gasteiger partial charge >= 0.3 is 12.4 Å². The van der Waals surface area contributed by atoms with E-state index in [4.69, 9.17) is 5.73 Å². The maximum absolute atomic E-state index is 13.4. The molecular formula is C19H19F6N3O2. The Labute approximate surface area is 167 Å². The van der Waals surface area contributed by atoms with Crippen LogP contribution in [0.15, 0.2) is 24.3 Å². The fourth-order valence-electron chi connectivity index (χ4n) is 3.87. The largest absolute Gasteiger partial charge is 0.433 e. The number of amides is 1. The minimum absolute atomic E-state index is 0.218. The number of pyridine rings is 1. The number of piperidine rings is 1. The third-order valence-electron chi connectivity index (χ3n) is 5.17. The second-order valence-electron chi connectivity index (χ2n) is 7.24. The lowest BCUT2D eigenvalue weighted by molar-refractivity contribution is -0.142. The summed E-state index contributed by atoms with van der Waals surface area (Å²) in [6.07, 6.45) is -9.83. The number of carbonyl (C=O) groups is 1. The van der Waals surface area contributed by atoms with E-state index in [0.29, 0.717) is 37.9 Å². The van der Waals surface area contributed by atoms with Crippen LogP contribution in [0.3, 0.4) is 0 Å². The first-order valence-electron chi connectivity index (χ1n) is 9.18. The summed E-state index contributed by atoms with van der Waals surface area (Å²) >= 11 is 0. The fourth-order valence-corrected chi connectivity index (χ4v) is 3.87. The molecule has 30 heavy (non-hydrogen) atoms. The summed E-state index contributed by atoms with van der Waals surface area (Å²) in [5.41, 5.74) is 1.16. The van der Waals surface area contributed by atoms with Crippen LogP contribution in [0.5, 0.6) is 0 Å². The number of primary amides is 1. The lowest BCUT2D eigenvalue weighted by Crippen LogP contribution is -2.47. The van der Waals surface area contributed by atoms with Crippen LogP contribution in [0.1, 0.15) is 42.2 Å². The van der Waals surface area contributed by atoms with E-state index in [1.807, 2.05) is 0 Å². The van der Waals surface area contributed by atoms with Crippen LogP contribution in [0, 0.1) is 0 Å². The van der Waals surface area contributed by atoms with Gasteiger partial charge in [0.05, 0.1) is 23.7 Å². The first-order chi connectivity index (χ1) is 13.9. The summed E-state index contributed by atoms with van der Waals surface area (Å²) in [5.74, 6) is -0.677. The Kier molecular flexibility index (Phi) is 5.96. The minimum atomic E-state index is -5.01. The number of alkyl halides is 6. The van der Waals surface area contributed by atoms with E-state index >= 15 is 0 Å². The van der Waals surface area contributed by atoms with Crippen LogP contribution < -0.4 is 5.73 Å². The quantitative estimate of drug-likeness (QED) is 0.719. The van der Waals surface area contributed by atoms with Gasteiger partial charge in [0, 0.05) is 11.4 Å². The number of rotatable bonds is 4. The third-order valence-corrected chi connectivity index (χ3v) is 5.17. The number of aromatic nitrogens is 1. The highest BCUT2D eigenvalue weighted by Gasteiger charge is 2.39. The molecule has 0 bridgehead atoms. The molecule has 1 aliphatic heterocycles. The monoisotopic (exact) mass is 435 g/mol. The SMILES string of the molecule is NC(=O)CN1CCCC[C@H]1[C@@H](O)c1cc(C(F)(F)F)nc2c(C(F)(F)F)cccc12. The maximum atomic E-state index is 13.4. The zero-order valence-corrected chi connectivity index (χ0v) is 15.6. The van der Waals surface area contributed by atoms with Crippen molar-refractivity contribution in [2.75, 3.05) is 13.1 Å².